The van der Waals surface area contributed by atoms with Gasteiger partial charge in [-0.25, -0.2) is 0 Å². The van der Waals surface area contributed by atoms with Gasteiger partial charge in [0.1, 0.15) is 12.4 Å². The summed E-state index contributed by atoms with van der Waals surface area (Å²) in [6.45, 7) is 1.61. The number of piperidine rings is 1. The van der Waals surface area contributed by atoms with E-state index in [4.69, 9.17) is 9.26 Å². The average molecular weight is 414 g/mol. The number of hydrogen-bond donors (Lipinski definition) is 0. The predicted molar refractivity (Wildman–Crippen MR) is 115 cm³/mol. The first-order valence-corrected chi connectivity index (χ1v) is 10.4. The summed E-state index contributed by atoms with van der Waals surface area (Å²) < 4.78 is 11.3. The third-order valence-electron chi connectivity index (χ3n) is 5.75. The van der Waals surface area contributed by atoms with Crippen molar-refractivity contribution in [3.8, 4) is 5.75 Å². The van der Waals surface area contributed by atoms with Gasteiger partial charge in [-0.2, -0.15) is 0 Å². The Balaban J connectivity index is 1.20. The molecule has 3 aromatic heterocycles. The lowest BCUT2D eigenvalue weighted by atomic mass is 9.90. The SMILES string of the molecule is O=C(c1cc(COc2cccc3cnccc23)on1)N1CCC(c2ccncc2)CC1. The normalized spacial score (nSPS) is 14.6. The highest BCUT2D eigenvalue weighted by molar-refractivity contribution is 5.92. The summed E-state index contributed by atoms with van der Waals surface area (Å²) in [4.78, 5) is 22.9. The molecule has 1 aliphatic heterocycles. The number of benzene rings is 1. The number of pyridine rings is 2. The van der Waals surface area contributed by atoms with Crippen molar-refractivity contribution < 1.29 is 14.1 Å². The number of ether oxygens (including phenoxy) is 1. The molecule has 0 bridgehead atoms. The molecule has 0 unspecified atom stereocenters. The number of hydrogen-bond acceptors (Lipinski definition) is 6. The summed E-state index contributed by atoms with van der Waals surface area (Å²) in [6.07, 6.45) is 9.03. The van der Waals surface area contributed by atoms with E-state index in [0.717, 1.165) is 29.4 Å². The Morgan fingerprint density at radius 1 is 1.06 bits per heavy atom. The van der Waals surface area contributed by atoms with Crippen molar-refractivity contribution in [3.63, 3.8) is 0 Å². The third-order valence-corrected chi connectivity index (χ3v) is 5.75. The van der Waals surface area contributed by atoms with Crippen LogP contribution in [-0.4, -0.2) is 39.0 Å². The van der Waals surface area contributed by atoms with Gasteiger partial charge in [0.2, 0.25) is 0 Å². The second kappa shape index (κ2) is 8.55. The molecule has 156 valence electrons. The van der Waals surface area contributed by atoms with E-state index in [1.165, 1.54) is 5.56 Å². The van der Waals surface area contributed by atoms with Crippen molar-refractivity contribution in [1.29, 1.82) is 0 Å². The zero-order valence-electron chi connectivity index (χ0n) is 17.0. The Kier molecular flexibility index (Phi) is 5.31. The number of fused-ring (bicyclic) bond motifs is 1. The number of likely N-dealkylation sites (tertiary alicyclic amines) is 1. The Hall–Kier alpha value is -3.74. The van der Waals surface area contributed by atoms with Gasteiger partial charge < -0.3 is 14.2 Å². The van der Waals surface area contributed by atoms with Gasteiger partial charge in [0, 0.05) is 54.7 Å². The van der Waals surface area contributed by atoms with Crippen molar-refractivity contribution in [2.75, 3.05) is 13.1 Å². The van der Waals surface area contributed by atoms with Crippen LogP contribution in [0.5, 0.6) is 5.75 Å². The summed E-state index contributed by atoms with van der Waals surface area (Å²) in [7, 11) is 0. The van der Waals surface area contributed by atoms with E-state index < -0.39 is 0 Å². The Labute approximate surface area is 179 Å². The molecule has 0 saturated carbocycles. The summed E-state index contributed by atoms with van der Waals surface area (Å²) in [5, 5.41) is 5.96. The molecular formula is C24H22N4O3. The minimum absolute atomic E-state index is 0.0978. The molecule has 31 heavy (non-hydrogen) atoms. The molecule has 4 aromatic rings. The third kappa shape index (κ3) is 4.12. The number of rotatable bonds is 5. The van der Waals surface area contributed by atoms with E-state index in [2.05, 4.69) is 27.3 Å². The van der Waals surface area contributed by atoms with Gasteiger partial charge in [0.05, 0.1) is 0 Å². The van der Waals surface area contributed by atoms with E-state index in [9.17, 15) is 4.79 Å². The molecule has 1 aliphatic rings. The Morgan fingerprint density at radius 2 is 1.87 bits per heavy atom. The van der Waals surface area contributed by atoms with Crippen molar-refractivity contribution in [3.05, 3.63) is 84.3 Å². The zero-order valence-corrected chi connectivity index (χ0v) is 17.0. The van der Waals surface area contributed by atoms with E-state index in [1.807, 2.05) is 41.6 Å². The van der Waals surface area contributed by atoms with Crippen LogP contribution < -0.4 is 4.74 Å². The maximum absolute atomic E-state index is 12.9. The smallest absolute Gasteiger partial charge is 0.276 e. The lowest BCUT2D eigenvalue weighted by Gasteiger charge is -2.31. The van der Waals surface area contributed by atoms with Crippen LogP contribution in [0.1, 0.15) is 40.6 Å². The summed E-state index contributed by atoms with van der Waals surface area (Å²) in [5.74, 6) is 1.62. The van der Waals surface area contributed by atoms with Gasteiger partial charge in [-0.1, -0.05) is 17.3 Å². The fourth-order valence-corrected chi connectivity index (χ4v) is 4.06. The minimum Gasteiger partial charge on any atom is -0.485 e. The van der Waals surface area contributed by atoms with Gasteiger partial charge in [0.25, 0.3) is 5.91 Å². The molecule has 0 radical (unpaired) electrons. The topological polar surface area (TPSA) is 81.3 Å². The van der Waals surface area contributed by atoms with Crippen LogP contribution in [0, 0.1) is 0 Å². The molecule has 4 heterocycles. The first-order valence-electron chi connectivity index (χ1n) is 10.4. The first kappa shape index (κ1) is 19.2. The van der Waals surface area contributed by atoms with Crippen LogP contribution >= 0.6 is 0 Å². The van der Waals surface area contributed by atoms with Gasteiger partial charge in [-0.05, 0) is 48.6 Å². The maximum atomic E-state index is 12.9. The van der Waals surface area contributed by atoms with Crippen LogP contribution in [0.3, 0.4) is 0 Å². The van der Waals surface area contributed by atoms with Crippen molar-refractivity contribution in [2.45, 2.75) is 25.4 Å². The molecule has 1 aromatic carbocycles. The van der Waals surface area contributed by atoms with Crippen molar-refractivity contribution in [2.24, 2.45) is 0 Å². The minimum atomic E-state index is -0.0978. The van der Waals surface area contributed by atoms with E-state index in [-0.39, 0.29) is 12.5 Å². The van der Waals surface area contributed by atoms with Crippen LogP contribution in [0.25, 0.3) is 10.8 Å². The highest BCUT2D eigenvalue weighted by Gasteiger charge is 2.26. The molecule has 0 spiro atoms. The monoisotopic (exact) mass is 414 g/mol. The van der Waals surface area contributed by atoms with Gasteiger partial charge in [-0.3, -0.25) is 14.8 Å². The first-order chi connectivity index (χ1) is 15.3. The molecule has 7 heteroatoms. The lowest BCUT2D eigenvalue weighted by molar-refractivity contribution is 0.0702. The summed E-state index contributed by atoms with van der Waals surface area (Å²) in [6, 6.07) is 13.5. The van der Waals surface area contributed by atoms with Crippen LogP contribution in [0.4, 0.5) is 0 Å². The largest absolute Gasteiger partial charge is 0.485 e. The second-order valence-corrected chi connectivity index (χ2v) is 7.67. The molecular weight excluding hydrogens is 392 g/mol. The zero-order chi connectivity index (χ0) is 21.0. The van der Waals surface area contributed by atoms with E-state index >= 15 is 0 Å². The average Bonchev–Trinajstić information content (AvgIpc) is 3.32. The Morgan fingerprint density at radius 3 is 2.71 bits per heavy atom. The molecule has 0 aliphatic carbocycles. The van der Waals surface area contributed by atoms with Crippen molar-refractivity contribution >= 4 is 16.7 Å². The quantitative estimate of drug-likeness (QED) is 0.486. The fourth-order valence-electron chi connectivity index (χ4n) is 4.06. The lowest BCUT2D eigenvalue weighted by Crippen LogP contribution is -2.38. The second-order valence-electron chi connectivity index (χ2n) is 7.67. The number of carbonyl (C=O) groups excluding carboxylic acids is 1. The summed E-state index contributed by atoms with van der Waals surface area (Å²) in [5.41, 5.74) is 1.61. The number of aromatic nitrogens is 3. The molecule has 7 nitrogen and oxygen atoms in total. The highest BCUT2D eigenvalue weighted by Crippen LogP contribution is 2.28. The van der Waals surface area contributed by atoms with Gasteiger partial charge in [-0.15, -0.1) is 0 Å². The molecule has 0 atom stereocenters. The molecule has 1 amide bonds. The molecule has 1 saturated heterocycles. The Bertz CT molecular complexity index is 1180. The fraction of sp³-hybridized carbons (Fsp3) is 0.250. The van der Waals surface area contributed by atoms with Crippen molar-refractivity contribution in [1.82, 2.24) is 20.0 Å². The van der Waals surface area contributed by atoms with Crippen LogP contribution in [0.15, 0.2) is 71.8 Å². The standard InChI is InChI=1S/C24H22N4O3/c29-24(28-12-7-18(8-13-28)17-4-9-25-10-5-17)22-14-20(31-27-22)16-30-23-3-1-2-19-15-26-11-6-21(19)23/h1-6,9-11,14-15,18H,7-8,12-13,16H2. The molecule has 0 N–H and O–H groups in total. The van der Waals surface area contributed by atoms with Gasteiger partial charge >= 0.3 is 0 Å². The van der Waals surface area contributed by atoms with Crippen LogP contribution in [0.2, 0.25) is 0 Å². The van der Waals surface area contributed by atoms with E-state index in [0.29, 0.717) is 30.5 Å². The maximum Gasteiger partial charge on any atom is 0.276 e. The number of amides is 1. The molecule has 5 rings (SSSR count). The van der Waals surface area contributed by atoms with Gasteiger partial charge in [0.15, 0.2) is 11.5 Å². The highest BCUT2D eigenvalue weighted by atomic mass is 16.5. The van der Waals surface area contributed by atoms with Crippen LogP contribution in [-0.2, 0) is 6.61 Å². The van der Waals surface area contributed by atoms with E-state index in [1.54, 1.807) is 18.5 Å². The predicted octanol–water partition coefficient (Wildman–Crippen LogP) is 4.22. The number of carbonyl (C=O) groups is 1. The summed E-state index contributed by atoms with van der Waals surface area (Å²) >= 11 is 0. The number of nitrogens with zero attached hydrogens (tertiary/aromatic N) is 4. The molecule has 1 fully saturated rings.